The fourth-order valence-electron chi connectivity index (χ4n) is 8.06. The van der Waals surface area contributed by atoms with Crippen LogP contribution in [0.4, 0.5) is 0 Å². The predicted molar refractivity (Wildman–Crippen MR) is 228 cm³/mol. The summed E-state index contributed by atoms with van der Waals surface area (Å²) in [6, 6.07) is 48.7. The third-order valence-electron chi connectivity index (χ3n) is 10.5. The van der Waals surface area contributed by atoms with Crippen molar-refractivity contribution < 1.29 is 0 Å². The highest BCUT2D eigenvalue weighted by Gasteiger charge is 2.22. The summed E-state index contributed by atoms with van der Waals surface area (Å²) in [6.45, 7) is 4.15. The highest BCUT2D eigenvalue weighted by atomic mass is 15.1. The van der Waals surface area contributed by atoms with Crippen molar-refractivity contribution in [1.82, 2.24) is 30.1 Å². The van der Waals surface area contributed by atoms with E-state index in [1.54, 1.807) is 0 Å². The van der Waals surface area contributed by atoms with E-state index >= 15 is 0 Å². The smallest absolute Gasteiger partial charge is 0.0737 e. The zero-order chi connectivity index (χ0) is 36.9. The first-order valence-corrected chi connectivity index (χ1v) is 18.5. The van der Waals surface area contributed by atoms with E-state index in [0.717, 1.165) is 112 Å². The molecule has 0 radical (unpaired) electrons. The number of H-pyrrole nitrogens is 3. The Morgan fingerprint density at radius 1 is 0.400 bits per heavy atom. The fourth-order valence-corrected chi connectivity index (χ4v) is 8.06. The van der Waals surface area contributed by atoms with Crippen molar-refractivity contribution in [1.29, 1.82) is 0 Å². The van der Waals surface area contributed by atoms with Gasteiger partial charge in [0.25, 0.3) is 0 Å². The van der Waals surface area contributed by atoms with Crippen LogP contribution < -0.4 is 0 Å². The summed E-state index contributed by atoms with van der Waals surface area (Å²) >= 11 is 0. The molecular formula is C49H36N6. The van der Waals surface area contributed by atoms with Gasteiger partial charge in [0.1, 0.15) is 0 Å². The lowest BCUT2D eigenvalue weighted by molar-refractivity contribution is 1.02. The maximum atomic E-state index is 5.49. The summed E-state index contributed by atoms with van der Waals surface area (Å²) < 4.78 is 0. The second kappa shape index (κ2) is 13.3. The average Bonchev–Trinajstić information content (AvgIpc) is 4.09. The highest BCUT2D eigenvalue weighted by Crippen LogP contribution is 2.42. The Bertz CT molecular complexity index is 2950. The number of fused-ring (bicyclic) bond motifs is 8. The summed E-state index contributed by atoms with van der Waals surface area (Å²) in [5.74, 6) is 0. The monoisotopic (exact) mass is 708 g/mol. The molecule has 262 valence electrons. The number of rotatable bonds is 5. The highest BCUT2D eigenvalue weighted by molar-refractivity contribution is 6.04. The van der Waals surface area contributed by atoms with Gasteiger partial charge in [-0.05, 0) is 78.6 Å². The molecule has 3 N–H and O–H groups in total. The first kappa shape index (κ1) is 32.3. The summed E-state index contributed by atoms with van der Waals surface area (Å²) in [5.41, 5.74) is 19.7. The molecule has 0 atom stereocenters. The summed E-state index contributed by atoms with van der Waals surface area (Å²) in [4.78, 5) is 18.8. The zero-order valence-corrected chi connectivity index (χ0v) is 30.4. The van der Waals surface area contributed by atoms with Crippen LogP contribution in [0.2, 0.25) is 0 Å². The van der Waals surface area contributed by atoms with Crippen LogP contribution in [-0.4, -0.2) is 30.1 Å². The molecule has 2 aliphatic rings. The van der Waals surface area contributed by atoms with Gasteiger partial charge in [0.05, 0.1) is 34.0 Å². The zero-order valence-electron chi connectivity index (χ0n) is 30.4. The minimum Gasteiger partial charge on any atom is -0.354 e. The lowest BCUT2D eigenvalue weighted by Gasteiger charge is -2.08. The molecule has 0 aliphatic carbocycles. The Morgan fingerprint density at radius 3 is 1.22 bits per heavy atom. The molecule has 10 rings (SSSR count). The number of hydrogen-bond donors (Lipinski definition) is 3. The molecule has 0 fully saturated rings. The lowest BCUT2D eigenvalue weighted by atomic mass is 9.97. The van der Waals surface area contributed by atoms with Gasteiger partial charge in [-0.1, -0.05) is 121 Å². The van der Waals surface area contributed by atoms with Crippen LogP contribution >= 0.6 is 0 Å². The van der Waals surface area contributed by atoms with Crippen molar-refractivity contribution in [3.63, 3.8) is 0 Å². The molecule has 0 spiro atoms. The van der Waals surface area contributed by atoms with Gasteiger partial charge in [-0.15, -0.1) is 0 Å². The van der Waals surface area contributed by atoms with Crippen LogP contribution in [0.25, 0.3) is 102 Å². The van der Waals surface area contributed by atoms with E-state index in [9.17, 15) is 0 Å². The molecule has 8 bridgehead atoms. The Labute approximate surface area is 318 Å². The van der Waals surface area contributed by atoms with Crippen molar-refractivity contribution in [2.45, 2.75) is 13.8 Å². The standard InChI is InChI=1S/C49H36N6/c1-30-44(31(2)55-54-30)36-29-43-47(34-19-11-5-12-20-34)41-26-25-39(51-41)45(32-15-7-3-8-16-32)37-23-24-38(50-37)46(33-17-9-4-10-18-33)40-27-28-42(52-40)48(49(36)53-43)35-21-13-6-14-22-35/h3-29,50,53H,1-2H3,(H,54,55). The molecule has 0 saturated heterocycles. The first-order chi connectivity index (χ1) is 27.1. The number of nitrogens with one attached hydrogen (secondary N) is 3. The van der Waals surface area contributed by atoms with Crippen molar-refractivity contribution in [2.75, 3.05) is 0 Å². The van der Waals surface area contributed by atoms with Crippen LogP contribution in [-0.2, 0) is 0 Å². The van der Waals surface area contributed by atoms with Gasteiger partial charge in [0, 0.05) is 55.6 Å². The van der Waals surface area contributed by atoms with Crippen LogP contribution in [0.5, 0.6) is 0 Å². The maximum Gasteiger partial charge on any atom is 0.0737 e. The average molecular weight is 709 g/mol. The van der Waals surface area contributed by atoms with Gasteiger partial charge in [-0.2, -0.15) is 5.10 Å². The van der Waals surface area contributed by atoms with Crippen LogP contribution in [0.3, 0.4) is 0 Å². The normalized spacial score (nSPS) is 12.0. The summed E-state index contributed by atoms with van der Waals surface area (Å²) in [7, 11) is 0. The van der Waals surface area contributed by atoms with Crippen LogP contribution in [0, 0.1) is 13.8 Å². The third-order valence-corrected chi connectivity index (χ3v) is 10.5. The molecule has 2 aliphatic heterocycles. The fraction of sp³-hybridized carbons (Fsp3) is 0.0408. The number of nitrogens with zero attached hydrogens (tertiary/aromatic N) is 3. The van der Waals surface area contributed by atoms with E-state index < -0.39 is 0 Å². The third kappa shape index (κ3) is 5.63. The van der Waals surface area contributed by atoms with Gasteiger partial charge in [-0.3, -0.25) is 5.10 Å². The molecule has 0 unspecified atom stereocenters. The Balaban J connectivity index is 1.46. The quantitative estimate of drug-likeness (QED) is 0.166. The number of benzene rings is 4. The number of aromatic amines is 3. The molecule has 6 nitrogen and oxygen atoms in total. The summed E-state index contributed by atoms with van der Waals surface area (Å²) in [6.07, 6.45) is 8.58. The van der Waals surface area contributed by atoms with Crippen molar-refractivity contribution >= 4 is 46.4 Å². The van der Waals surface area contributed by atoms with Gasteiger partial charge < -0.3 is 9.97 Å². The Hall–Kier alpha value is -7.31. The minimum absolute atomic E-state index is 0.869. The second-order valence-electron chi connectivity index (χ2n) is 14.0. The second-order valence-corrected chi connectivity index (χ2v) is 14.0. The summed E-state index contributed by atoms with van der Waals surface area (Å²) in [5, 5.41) is 7.90. The Kier molecular flexibility index (Phi) is 7.81. The van der Waals surface area contributed by atoms with Gasteiger partial charge in [0.15, 0.2) is 0 Å². The van der Waals surface area contributed by atoms with E-state index in [1.165, 1.54) is 0 Å². The van der Waals surface area contributed by atoms with E-state index in [1.807, 2.05) is 0 Å². The van der Waals surface area contributed by atoms with Crippen molar-refractivity contribution in [2.24, 2.45) is 0 Å². The largest absolute Gasteiger partial charge is 0.354 e. The predicted octanol–water partition coefficient (Wildman–Crippen LogP) is 12.3. The van der Waals surface area contributed by atoms with Crippen molar-refractivity contribution in [3.8, 4) is 55.6 Å². The van der Waals surface area contributed by atoms with Gasteiger partial charge in [0.2, 0.25) is 0 Å². The molecule has 8 aromatic rings. The van der Waals surface area contributed by atoms with Crippen LogP contribution in [0.1, 0.15) is 34.2 Å². The lowest BCUT2D eigenvalue weighted by Crippen LogP contribution is -1.90. The Morgan fingerprint density at radius 2 is 0.800 bits per heavy atom. The number of hydrogen-bond acceptors (Lipinski definition) is 3. The first-order valence-electron chi connectivity index (χ1n) is 18.5. The van der Waals surface area contributed by atoms with E-state index in [2.05, 4.69) is 198 Å². The van der Waals surface area contributed by atoms with Gasteiger partial charge in [-0.25, -0.2) is 9.97 Å². The SMILES string of the molecule is Cc1n[nH]c(C)c1-c1cc2[nH]c1c(-c1ccccc1)c1nc(c(-c3ccccc3)c3ccc([nH]3)c(-c3ccccc3)c3nc(c2-c2ccccc2)C=C3)C=C1. The molecular weight excluding hydrogens is 673 g/mol. The van der Waals surface area contributed by atoms with Gasteiger partial charge >= 0.3 is 0 Å². The molecule has 4 aromatic carbocycles. The molecule has 6 heterocycles. The maximum absolute atomic E-state index is 5.49. The van der Waals surface area contributed by atoms with Crippen molar-refractivity contribution in [3.05, 3.63) is 174 Å². The molecule has 6 heteroatoms. The molecule has 0 saturated carbocycles. The molecule has 4 aromatic heterocycles. The molecule has 55 heavy (non-hydrogen) atoms. The van der Waals surface area contributed by atoms with E-state index in [4.69, 9.17) is 9.97 Å². The van der Waals surface area contributed by atoms with E-state index in [0.29, 0.717) is 0 Å². The topological polar surface area (TPSA) is 86.0 Å². The molecule has 0 amide bonds. The van der Waals surface area contributed by atoms with E-state index in [-0.39, 0.29) is 0 Å². The van der Waals surface area contributed by atoms with Crippen LogP contribution in [0.15, 0.2) is 140 Å². The minimum atomic E-state index is 0.869. The number of aryl methyl sites for hydroxylation is 2. The number of aromatic nitrogens is 6.